The van der Waals surface area contributed by atoms with Crippen LogP contribution >= 0.6 is 0 Å². The molecule has 3 fully saturated rings. The number of benzene rings is 1. The molecular weight excluding hydrogens is 483 g/mol. The number of fused-ring (bicyclic) bond motifs is 1. The van der Waals surface area contributed by atoms with Gasteiger partial charge in [-0.15, -0.1) is 0 Å². The molecule has 36 heavy (non-hydrogen) atoms. The van der Waals surface area contributed by atoms with E-state index in [-0.39, 0.29) is 29.3 Å². The van der Waals surface area contributed by atoms with Gasteiger partial charge < -0.3 is 20.1 Å². The van der Waals surface area contributed by atoms with Crippen LogP contribution in [-0.4, -0.2) is 48.0 Å². The molecule has 2 aliphatic carbocycles. The predicted molar refractivity (Wildman–Crippen MR) is 123 cm³/mol. The molecule has 1 aromatic carbocycles. The van der Waals surface area contributed by atoms with Crippen LogP contribution in [0.1, 0.15) is 53.3 Å². The van der Waals surface area contributed by atoms with Crippen LogP contribution in [0, 0.1) is 23.6 Å². The number of hydrogen-bond donors (Lipinski definition) is 2. The lowest BCUT2D eigenvalue weighted by molar-refractivity contribution is 0.0939. The molecular formula is C25H27F5N4O2. The minimum atomic E-state index is -3.01. The second-order valence-electron chi connectivity index (χ2n) is 10.1. The number of aromatic nitrogens is 1. The number of amides is 1. The highest BCUT2D eigenvalue weighted by molar-refractivity contribution is 5.99. The van der Waals surface area contributed by atoms with Gasteiger partial charge in [-0.25, -0.2) is 22.0 Å². The Hall–Kier alpha value is -2.95. The van der Waals surface area contributed by atoms with Gasteiger partial charge in [0, 0.05) is 48.9 Å². The van der Waals surface area contributed by atoms with Gasteiger partial charge in [-0.2, -0.15) is 0 Å². The number of alkyl halides is 4. The van der Waals surface area contributed by atoms with Gasteiger partial charge in [0.1, 0.15) is 5.82 Å². The number of carbonyl (C=O) groups excluding carboxylic acids is 1. The van der Waals surface area contributed by atoms with Crippen molar-refractivity contribution in [2.45, 2.75) is 44.3 Å². The highest BCUT2D eigenvalue weighted by Crippen LogP contribution is 2.48. The Kier molecular flexibility index (Phi) is 6.30. The highest BCUT2D eigenvalue weighted by atomic mass is 19.3. The average Bonchev–Trinajstić information content (AvgIpc) is 3.68. The highest BCUT2D eigenvalue weighted by Gasteiger charge is 2.55. The molecule has 5 rings (SSSR count). The molecule has 0 radical (unpaired) electrons. The monoisotopic (exact) mass is 510 g/mol. The summed E-state index contributed by atoms with van der Waals surface area (Å²) in [7, 11) is 2.02. The SMILES string of the molecule is C[C@@H](NC(=O)c1cn([C@H]2C[C@@H]2C(F)F)c(=O)cc1N[C@H]1[C@@H]2CN(C)C[C@@H]21)c1cccc(C(F)F)c1F. The Balaban J connectivity index is 1.42. The van der Waals surface area contributed by atoms with Crippen LogP contribution in [0.2, 0.25) is 0 Å². The largest absolute Gasteiger partial charge is 0.381 e. The first-order valence-corrected chi connectivity index (χ1v) is 11.9. The van der Waals surface area contributed by atoms with Crippen molar-refractivity contribution in [2.75, 3.05) is 25.5 Å². The summed E-state index contributed by atoms with van der Waals surface area (Å²) in [5, 5.41) is 5.89. The molecule has 1 amide bonds. The fourth-order valence-corrected chi connectivity index (χ4v) is 5.45. The molecule has 0 bridgehead atoms. The Labute approximate surface area is 204 Å². The first-order valence-electron chi connectivity index (χ1n) is 11.9. The van der Waals surface area contributed by atoms with Crippen LogP contribution in [0.15, 0.2) is 35.3 Å². The number of piperidine rings is 1. The van der Waals surface area contributed by atoms with Crippen molar-refractivity contribution in [1.82, 2.24) is 14.8 Å². The van der Waals surface area contributed by atoms with E-state index in [1.807, 2.05) is 7.05 Å². The number of nitrogens with one attached hydrogen (secondary N) is 2. The average molecular weight is 511 g/mol. The number of likely N-dealkylation sites (tertiary alicyclic amines) is 1. The maximum Gasteiger partial charge on any atom is 0.266 e. The van der Waals surface area contributed by atoms with Crippen LogP contribution in [-0.2, 0) is 0 Å². The van der Waals surface area contributed by atoms with Crippen molar-refractivity contribution in [1.29, 1.82) is 0 Å². The number of hydrogen-bond acceptors (Lipinski definition) is 4. The molecule has 11 heteroatoms. The van der Waals surface area contributed by atoms with Crippen molar-refractivity contribution in [3.63, 3.8) is 0 Å². The van der Waals surface area contributed by atoms with Crippen molar-refractivity contribution < 1.29 is 26.7 Å². The van der Waals surface area contributed by atoms with Gasteiger partial charge in [-0.05, 0) is 32.2 Å². The second-order valence-corrected chi connectivity index (χ2v) is 10.1. The van der Waals surface area contributed by atoms with Gasteiger partial charge in [0.05, 0.1) is 22.9 Å². The molecule has 0 spiro atoms. The molecule has 1 aromatic heterocycles. The zero-order valence-electron chi connectivity index (χ0n) is 19.7. The van der Waals surface area contributed by atoms with Gasteiger partial charge in [-0.3, -0.25) is 9.59 Å². The van der Waals surface area contributed by atoms with Crippen LogP contribution in [0.25, 0.3) is 0 Å². The lowest BCUT2D eigenvalue weighted by Crippen LogP contribution is -2.32. The molecule has 2 heterocycles. The maximum absolute atomic E-state index is 14.6. The lowest BCUT2D eigenvalue weighted by Gasteiger charge is -2.20. The van der Waals surface area contributed by atoms with E-state index in [2.05, 4.69) is 15.5 Å². The first-order chi connectivity index (χ1) is 17.1. The summed E-state index contributed by atoms with van der Waals surface area (Å²) >= 11 is 0. The Bertz CT molecular complexity index is 1220. The van der Waals surface area contributed by atoms with Crippen LogP contribution in [0.4, 0.5) is 27.6 Å². The van der Waals surface area contributed by atoms with Crippen molar-refractivity contribution in [3.05, 3.63) is 63.3 Å². The van der Waals surface area contributed by atoms with Crippen LogP contribution in [0.3, 0.4) is 0 Å². The molecule has 2 aromatic rings. The summed E-state index contributed by atoms with van der Waals surface area (Å²) in [6.07, 6.45) is -4.18. The van der Waals surface area contributed by atoms with Gasteiger partial charge in [0.25, 0.3) is 17.9 Å². The summed E-state index contributed by atoms with van der Waals surface area (Å²) in [6.45, 7) is 3.23. The van der Waals surface area contributed by atoms with Gasteiger partial charge in [0.15, 0.2) is 0 Å². The zero-order chi connectivity index (χ0) is 25.9. The maximum atomic E-state index is 14.6. The van der Waals surface area contributed by atoms with E-state index >= 15 is 0 Å². The number of halogens is 5. The summed E-state index contributed by atoms with van der Waals surface area (Å²) in [5.41, 5.74) is -1.02. The number of anilines is 1. The molecule has 6 atom stereocenters. The van der Waals surface area contributed by atoms with E-state index in [1.165, 1.54) is 31.3 Å². The summed E-state index contributed by atoms with van der Waals surface area (Å²) < 4.78 is 68.4. The molecule has 2 N–H and O–H groups in total. The van der Waals surface area contributed by atoms with E-state index < -0.39 is 53.7 Å². The number of pyridine rings is 1. The summed E-state index contributed by atoms with van der Waals surface area (Å²) in [5.74, 6) is -1.97. The molecule has 1 saturated heterocycles. The fraction of sp³-hybridized carbons (Fsp3) is 0.520. The molecule has 194 valence electrons. The zero-order valence-corrected chi connectivity index (χ0v) is 19.7. The van der Waals surface area contributed by atoms with Crippen LogP contribution < -0.4 is 16.2 Å². The minimum Gasteiger partial charge on any atom is -0.381 e. The normalized spacial score (nSPS) is 27.8. The quantitative estimate of drug-likeness (QED) is 0.523. The van der Waals surface area contributed by atoms with E-state index in [1.54, 1.807) is 0 Å². The Morgan fingerprint density at radius 3 is 2.39 bits per heavy atom. The van der Waals surface area contributed by atoms with E-state index in [4.69, 9.17) is 0 Å². The third-order valence-corrected chi connectivity index (χ3v) is 7.62. The molecule has 1 aliphatic heterocycles. The standard InChI is InChI=1S/C25H27F5N4O2/c1-11(12-4-3-5-13(21(12)26)23(27)28)31-25(36)17-10-34(19-6-14(19)24(29)30)20(35)7-18(17)32-22-15-8-33(2)9-16(15)22/h3-5,7,10-11,14-16,19,22-24,32H,6,8-9H2,1-2H3,(H,31,36)/t11-,14+,15-,16+,19+,22+/m1/s1. The summed E-state index contributed by atoms with van der Waals surface area (Å²) in [4.78, 5) is 28.3. The molecule has 6 nitrogen and oxygen atoms in total. The topological polar surface area (TPSA) is 66.4 Å². The van der Waals surface area contributed by atoms with Gasteiger partial charge in [0.2, 0.25) is 6.43 Å². The van der Waals surface area contributed by atoms with Crippen LogP contribution in [0.5, 0.6) is 0 Å². The van der Waals surface area contributed by atoms with E-state index in [0.29, 0.717) is 11.8 Å². The number of rotatable bonds is 8. The summed E-state index contributed by atoms with van der Waals surface area (Å²) in [6, 6.07) is 3.24. The fourth-order valence-electron chi connectivity index (χ4n) is 5.45. The molecule has 0 unspecified atom stereocenters. The Morgan fingerprint density at radius 1 is 1.11 bits per heavy atom. The third kappa shape index (κ3) is 4.49. The third-order valence-electron chi connectivity index (χ3n) is 7.62. The second kappa shape index (κ2) is 9.17. The van der Waals surface area contributed by atoms with Crippen molar-refractivity contribution in [2.24, 2.45) is 17.8 Å². The van der Waals surface area contributed by atoms with Gasteiger partial charge in [-0.1, -0.05) is 18.2 Å². The molecule has 2 saturated carbocycles. The number of carbonyl (C=O) groups is 1. The number of nitrogens with zero attached hydrogens (tertiary/aromatic N) is 2. The lowest BCUT2D eigenvalue weighted by atomic mass is 10.0. The minimum absolute atomic E-state index is 0.0603. The predicted octanol–water partition coefficient (Wildman–Crippen LogP) is 4.21. The van der Waals surface area contributed by atoms with Crippen molar-refractivity contribution >= 4 is 11.6 Å². The van der Waals surface area contributed by atoms with Gasteiger partial charge >= 0.3 is 0 Å². The van der Waals surface area contributed by atoms with E-state index in [0.717, 1.165) is 23.7 Å². The molecule has 3 aliphatic rings. The smallest absolute Gasteiger partial charge is 0.266 e. The Morgan fingerprint density at radius 2 is 1.78 bits per heavy atom. The van der Waals surface area contributed by atoms with Crippen molar-refractivity contribution in [3.8, 4) is 0 Å². The first kappa shape index (κ1) is 24.7. The van der Waals surface area contributed by atoms with E-state index in [9.17, 15) is 31.5 Å².